The minimum absolute atomic E-state index is 0.287. The minimum Gasteiger partial charge on any atom is -0.496 e. The van der Waals surface area contributed by atoms with Gasteiger partial charge in [0.05, 0.1) is 17.3 Å². The van der Waals surface area contributed by atoms with Gasteiger partial charge in [-0.2, -0.15) is 0 Å². The number of fused-ring (bicyclic) bond motifs is 1. The van der Waals surface area contributed by atoms with E-state index in [1.165, 1.54) is 11.3 Å². The van der Waals surface area contributed by atoms with Crippen LogP contribution >= 0.6 is 11.3 Å². The number of ether oxygens (including phenoxy) is 1. The number of nitrogens with zero attached hydrogens (tertiary/aromatic N) is 1. The molecule has 2 N–H and O–H groups in total. The monoisotopic (exact) mass is 313 g/mol. The molecule has 0 fully saturated rings. The molecule has 3 aromatic rings. The normalized spacial score (nSPS) is 10.4. The molecule has 112 valence electrons. The molecule has 0 atom stereocenters. The smallest absolute Gasteiger partial charge is 0.321 e. The highest BCUT2D eigenvalue weighted by atomic mass is 32.1. The van der Waals surface area contributed by atoms with Crippen LogP contribution in [0.2, 0.25) is 0 Å². The summed E-state index contributed by atoms with van der Waals surface area (Å²) < 4.78 is 6.30. The average Bonchev–Trinajstić information content (AvgIpc) is 2.95. The third kappa shape index (κ3) is 3.17. The number of carbonyl (C=O) groups excluding carboxylic acids is 1. The molecule has 22 heavy (non-hydrogen) atoms. The van der Waals surface area contributed by atoms with Crippen LogP contribution in [0.1, 0.15) is 5.56 Å². The summed E-state index contributed by atoms with van der Waals surface area (Å²) in [6, 6.07) is 15.1. The number of aromatic nitrogens is 1. The van der Waals surface area contributed by atoms with Gasteiger partial charge in [0, 0.05) is 12.1 Å². The van der Waals surface area contributed by atoms with E-state index in [-0.39, 0.29) is 6.03 Å². The van der Waals surface area contributed by atoms with Crippen molar-refractivity contribution in [2.45, 2.75) is 6.54 Å². The van der Waals surface area contributed by atoms with Gasteiger partial charge in [0.15, 0.2) is 5.13 Å². The highest BCUT2D eigenvalue weighted by Crippen LogP contribution is 2.25. The van der Waals surface area contributed by atoms with E-state index in [1.807, 2.05) is 48.5 Å². The van der Waals surface area contributed by atoms with Crippen molar-refractivity contribution >= 4 is 32.7 Å². The van der Waals surface area contributed by atoms with E-state index in [0.29, 0.717) is 11.7 Å². The minimum atomic E-state index is -0.287. The zero-order valence-corrected chi connectivity index (χ0v) is 12.8. The number of nitrogens with one attached hydrogen (secondary N) is 2. The first-order valence-corrected chi connectivity index (χ1v) is 7.60. The Morgan fingerprint density at radius 3 is 2.77 bits per heavy atom. The van der Waals surface area contributed by atoms with E-state index >= 15 is 0 Å². The Bertz CT molecular complexity index is 768. The van der Waals surface area contributed by atoms with E-state index in [1.54, 1.807) is 7.11 Å². The summed E-state index contributed by atoms with van der Waals surface area (Å²) in [5.74, 6) is 0.753. The lowest BCUT2D eigenvalue weighted by Crippen LogP contribution is -2.28. The van der Waals surface area contributed by atoms with E-state index in [4.69, 9.17) is 4.74 Å². The van der Waals surface area contributed by atoms with Crippen molar-refractivity contribution in [3.05, 3.63) is 54.1 Å². The first kappa shape index (κ1) is 14.3. The second kappa shape index (κ2) is 6.44. The fourth-order valence-corrected chi connectivity index (χ4v) is 2.95. The van der Waals surface area contributed by atoms with Crippen molar-refractivity contribution in [1.82, 2.24) is 10.3 Å². The average molecular weight is 313 g/mol. The predicted octanol–water partition coefficient (Wildman–Crippen LogP) is 3.63. The zero-order chi connectivity index (χ0) is 15.4. The van der Waals surface area contributed by atoms with Crippen LogP contribution in [0.25, 0.3) is 10.2 Å². The maximum atomic E-state index is 12.0. The van der Waals surface area contributed by atoms with Crippen LogP contribution < -0.4 is 15.4 Å². The Balaban J connectivity index is 1.62. The molecule has 2 amide bonds. The quantitative estimate of drug-likeness (QED) is 0.773. The molecular weight excluding hydrogens is 298 g/mol. The SMILES string of the molecule is COc1ccccc1CNC(=O)Nc1nc2ccccc2s1. The molecule has 0 aliphatic heterocycles. The molecule has 0 saturated heterocycles. The number of amides is 2. The molecule has 0 bridgehead atoms. The number of anilines is 1. The third-order valence-electron chi connectivity index (χ3n) is 3.15. The predicted molar refractivity (Wildman–Crippen MR) is 88.5 cm³/mol. The number of para-hydroxylation sites is 2. The summed E-state index contributed by atoms with van der Waals surface area (Å²) in [7, 11) is 1.61. The van der Waals surface area contributed by atoms with Gasteiger partial charge in [-0.1, -0.05) is 41.7 Å². The van der Waals surface area contributed by atoms with Gasteiger partial charge < -0.3 is 10.1 Å². The van der Waals surface area contributed by atoms with E-state index < -0.39 is 0 Å². The fraction of sp³-hybridized carbons (Fsp3) is 0.125. The lowest BCUT2D eigenvalue weighted by Gasteiger charge is -2.09. The molecule has 6 heteroatoms. The highest BCUT2D eigenvalue weighted by molar-refractivity contribution is 7.22. The molecule has 1 heterocycles. The van der Waals surface area contributed by atoms with Gasteiger partial charge in [0.25, 0.3) is 0 Å². The molecule has 0 saturated carbocycles. The van der Waals surface area contributed by atoms with Gasteiger partial charge in [0.2, 0.25) is 0 Å². The van der Waals surface area contributed by atoms with Crippen molar-refractivity contribution in [1.29, 1.82) is 0 Å². The molecular formula is C16H15N3O2S. The second-order valence-corrected chi connectivity index (χ2v) is 5.64. The fourth-order valence-electron chi connectivity index (χ4n) is 2.09. The summed E-state index contributed by atoms with van der Waals surface area (Å²) >= 11 is 1.45. The number of thiazole rings is 1. The summed E-state index contributed by atoms with van der Waals surface area (Å²) in [4.78, 5) is 16.3. The number of benzene rings is 2. The Hall–Kier alpha value is -2.60. The third-order valence-corrected chi connectivity index (χ3v) is 4.10. The highest BCUT2D eigenvalue weighted by Gasteiger charge is 2.08. The van der Waals surface area contributed by atoms with E-state index in [9.17, 15) is 4.79 Å². The lowest BCUT2D eigenvalue weighted by atomic mass is 10.2. The lowest BCUT2D eigenvalue weighted by molar-refractivity contribution is 0.251. The van der Waals surface area contributed by atoms with Gasteiger partial charge in [-0.05, 0) is 18.2 Å². The van der Waals surface area contributed by atoms with Crippen LogP contribution in [0, 0.1) is 0 Å². The molecule has 0 radical (unpaired) electrons. The van der Waals surface area contributed by atoms with Crippen molar-refractivity contribution in [2.24, 2.45) is 0 Å². The Morgan fingerprint density at radius 2 is 1.95 bits per heavy atom. The maximum Gasteiger partial charge on any atom is 0.321 e. The van der Waals surface area contributed by atoms with E-state index in [0.717, 1.165) is 21.5 Å². The molecule has 0 spiro atoms. The zero-order valence-electron chi connectivity index (χ0n) is 12.0. The summed E-state index contributed by atoms with van der Waals surface area (Å²) in [6.45, 7) is 0.390. The van der Waals surface area contributed by atoms with Gasteiger partial charge in [-0.15, -0.1) is 0 Å². The number of urea groups is 1. The number of hydrogen-bond donors (Lipinski definition) is 2. The number of carbonyl (C=O) groups is 1. The van der Waals surface area contributed by atoms with Crippen LogP contribution in [0.4, 0.5) is 9.93 Å². The van der Waals surface area contributed by atoms with Crippen LogP contribution in [-0.2, 0) is 6.54 Å². The topological polar surface area (TPSA) is 63.2 Å². The first-order chi connectivity index (χ1) is 10.8. The number of rotatable bonds is 4. The van der Waals surface area contributed by atoms with E-state index in [2.05, 4.69) is 15.6 Å². The van der Waals surface area contributed by atoms with Gasteiger partial charge in [-0.3, -0.25) is 5.32 Å². The van der Waals surface area contributed by atoms with Crippen molar-refractivity contribution in [2.75, 3.05) is 12.4 Å². The Kier molecular flexibility index (Phi) is 4.20. The van der Waals surface area contributed by atoms with Crippen molar-refractivity contribution < 1.29 is 9.53 Å². The van der Waals surface area contributed by atoms with Crippen molar-refractivity contribution in [3.8, 4) is 5.75 Å². The Labute approximate surface area is 131 Å². The summed E-state index contributed by atoms with van der Waals surface area (Å²) in [5.41, 5.74) is 1.80. The molecule has 0 unspecified atom stereocenters. The molecule has 3 rings (SSSR count). The first-order valence-electron chi connectivity index (χ1n) is 6.78. The van der Waals surface area contributed by atoms with Gasteiger partial charge >= 0.3 is 6.03 Å². The second-order valence-electron chi connectivity index (χ2n) is 4.61. The van der Waals surface area contributed by atoms with Gasteiger partial charge in [0.1, 0.15) is 5.75 Å². The molecule has 5 nitrogen and oxygen atoms in total. The standard InChI is InChI=1S/C16H15N3O2S/c1-21-13-8-4-2-6-11(13)10-17-15(20)19-16-18-12-7-3-5-9-14(12)22-16/h2-9H,10H2,1H3,(H2,17,18,19,20). The van der Waals surface area contributed by atoms with Crippen LogP contribution in [0.3, 0.4) is 0 Å². The summed E-state index contributed by atoms with van der Waals surface area (Å²) in [6.07, 6.45) is 0. The van der Waals surface area contributed by atoms with Crippen LogP contribution in [0.15, 0.2) is 48.5 Å². The van der Waals surface area contributed by atoms with Crippen LogP contribution in [0.5, 0.6) is 5.75 Å². The maximum absolute atomic E-state index is 12.0. The molecule has 0 aliphatic carbocycles. The van der Waals surface area contributed by atoms with Crippen molar-refractivity contribution in [3.63, 3.8) is 0 Å². The van der Waals surface area contributed by atoms with Crippen LogP contribution in [-0.4, -0.2) is 18.1 Å². The molecule has 0 aliphatic rings. The Morgan fingerprint density at radius 1 is 1.18 bits per heavy atom. The molecule has 1 aromatic heterocycles. The number of hydrogen-bond acceptors (Lipinski definition) is 4. The number of methoxy groups -OCH3 is 1. The largest absolute Gasteiger partial charge is 0.496 e. The summed E-state index contributed by atoms with van der Waals surface area (Å²) in [5, 5.41) is 6.14. The van der Waals surface area contributed by atoms with Gasteiger partial charge in [-0.25, -0.2) is 9.78 Å². The molecule has 2 aromatic carbocycles.